The maximum Gasteiger partial charge on any atom is 0.173 e. The third-order valence-corrected chi connectivity index (χ3v) is 4.73. The second-order valence-corrected chi connectivity index (χ2v) is 5.91. The molecule has 0 radical (unpaired) electrons. The van der Waals surface area contributed by atoms with Crippen LogP contribution in [0.1, 0.15) is 43.9 Å². The number of rotatable bonds is 5. The Balaban J connectivity index is 1.93. The number of methoxy groups -OCH3 is 1. The van der Waals surface area contributed by atoms with Crippen molar-refractivity contribution in [3.8, 4) is 5.06 Å². The number of hydrogen-bond acceptors (Lipinski definition) is 3. The van der Waals surface area contributed by atoms with Gasteiger partial charge in [0.25, 0.3) is 0 Å². The van der Waals surface area contributed by atoms with Gasteiger partial charge in [-0.15, -0.1) is 11.3 Å². The fraction of sp³-hybridized carbons (Fsp3) is 0.714. The Morgan fingerprint density at radius 2 is 2.06 bits per heavy atom. The molecule has 2 rings (SSSR count). The van der Waals surface area contributed by atoms with Crippen LogP contribution in [0, 0.1) is 0 Å². The van der Waals surface area contributed by atoms with Gasteiger partial charge in [0.2, 0.25) is 0 Å². The van der Waals surface area contributed by atoms with E-state index in [1.807, 2.05) is 0 Å². The number of hydrogen-bond donors (Lipinski definition) is 0. The lowest BCUT2D eigenvalue weighted by Crippen LogP contribution is -2.35. The van der Waals surface area contributed by atoms with Gasteiger partial charge in [0.15, 0.2) is 5.06 Å². The second-order valence-electron chi connectivity index (χ2n) is 4.78. The molecule has 0 saturated heterocycles. The molecular formula is C14H23NOS. The highest BCUT2D eigenvalue weighted by Crippen LogP contribution is 2.28. The highest BCUT2D eigenvalue weighted by Gasteiger charge is 2.20. The summed E-state index contributed by atoms with van der Waals surface area (Å²) in [5.74, 6) is 0. The molecule has 0 amide bonds. The van der Waals surface area contributed by atoms with Crippen molar-refractivity contribution in [2.24, 2.45) is 0 Å². The lowest BCUT2D eigenvalue weighted by Gasteiger charge is -2.33. The van der Waals surface area contributed by atoms with Crippen LogP contribution < -0.4 is 4.74 Å². The van der Waals surface area contributed by atoms with Gasteiger partial charge in [0, 0.05) is 17.5 Å². The van der Waals surface area contributed by atoms with Crippen molar-refractivity contribution in [3.05, 3.63) is 17.0 Å². The minimum absolute atomic E-state index is 0.807. The van der Waals surface area contributed by atoms with Gasteiger partial charge in [-0.1, -0.05) is 26.2 Å². The molecule has 17 heavy (non-hydrogen) atoms. The monoisotopic (exact) mass is 253 g/mol. The first-order valence-corrected chi connectivity index (χ1v) is 7.52. The van der Waals surface area contributed by atoms with Crippen LogP contribution in [-0.4, -0.2) is 24.6 Å². The van der Waals surface area contributed by atoms with Crippen molar-refractivity contribution in [3.63, 3.8) is 0 Å². The first-order chi connectivity index (χ1) is 8.33. The van der Waals surface area contributed by atoms with E-state index in [-0.39, 0.29) is 0 Å². The molecule has 1 fully saturated rings. The summed E-state index contributed by atoms with van der Waals surface area (Å²) in [5, 5.41) is 1.03. The number of nitrogens with zero attached hydrogens (tertiary/aromatic N) is 1. The zero-order valence-electron chi connectivity index (χ0n) is 10.9. The molecular weight excluding hydrogens is 230 g/mol. The zero-order valence-corrected chi connectivity index (χ0v) is 11.8. The molecule has 0 bridgehead atoms. The van der Waals surface area contributed by atoms with E-state index in [4.69, 9.17) is 4.74 Å². The smallest absolute Gasteiger partial charge is 0.173 e. The van der Waals surface area contributed by atoms with E-state index in [1.165, 1.54) is 37.0 Å². The van der Waals surface area contributed by atoms with E-state index in [0.29, 0.717) is 0 Å². The van der Waals surface area contributed by atoms with Crippen molar-refractivity contribution in [2.75, 3.05) is 13.7 Å². The van der Waals surface area contributed by atoms with Gasteiger partial charge in [-0.25, -0.2) is 0 Å². The molecule has 96 valence electrons. The average Bonchev–Trinajstić information content (AvgIpc) is 2.84. The van der Waals surface area contributed by atoms with Crippen LogP contribution in [0.15, 0.2) is 12.1 Å². The van der Waals surface area contributed by atoms with E-state index in [2.05, 4.69) is 24.0 Å². The van der Waals surface area contributed by atoms with Crippen LogP contribution in [0.5, 0.6) is 5.06 Å². The van der Waals surface area contributed by atoms with Crippen molar-refractivity contribution < 1.29 is 4.74 Å². The van der Waals surface area contributed by atoms with Crippen molar-refractivity contribution in [1.29, 1.82) is 0 Å². The molecule has 2 nitrogen and oxygen atoms in total. The molecule has 1 heterocycles. The molecule has 1 aliphatic rings. The quantitative estimate of drug-likeness (QED) is 0.789. The minimum Gasteiger partial charge on any atom is -0.487 e. The van der Waals surface area contributed by atoms with E-state index in [1.54, 1.807) is 18.4 Å². The van der Waals surface area contributed by atoms with Crippen LogP contribution in [0.4, 0.5) is 0 Å². The van der Waals surface area contributed by atoms with Crippen LogP contribution in [0.3, 0.4) is 0 Å². The maximum atomic E-state index is 5.26. The predicted molar refractivity (Wildman–Crippen MR) is 73.8 cm³/mol. The Kier molecular flexibility index (Phi) is 4.86. The van der Waals surface area contributed by atoms with Gasteiger partial charge >= 0.3 is 0 Å². The fourth-order valence-corrected chi connectivity index (χ4v) is 3.54. The summed E-state index contributed by atoms with van der Waals surface area (Å²) in [5.41, 5.74) is 0. The summed E-state index contributed by atoms with van der Waals surface area (Å²) in [4.78, 5) is 4.05. The molecule has 0 atom stereocenters. The van der Waals surface area contributed by atoms with Crippen LogP contribution in [0.2, 0.25) is 0 Å². The Morgan fingerprint density at radius 1 is 1.29 bits per heavy atom. The van der Waals surface area contributed by atoms with Gasteiger partial charge in [-0.05, 0) is 31.5 Å². The largest absolute Gasteiger partial charge is 0.487 e. The molecule has 0 N–H and O–H groups in total. The summed E-state index contributed by atoms with van der Waals surface area (Å²) in [6.07, 6.45) is 7.03. The SMILES string of the molecule is CCN(Cc1ccc(OC)s1)C1CCCCC1. The average molecular weight is 253 g/mol. The maximum absolute atomic E-state index is 5.26. The molecule has 0 aromatic carbocycles. The van der Waals surface area contributed by atoms with Crippen molar-refractivity contribution >= 4 is 11.3 Å². The van der Waals surface area contributed by atoms with E-state index >= 15 is 0 Å². The minimum atomic E-state index is 0.807. The highest BCUT2D eigenvalue weighted by molar-refractivity contribution is 7.13. The molecule has 1 saturated carbocycles. The molecule has 0 spiro atoms. The van der Waals surface area contributed by atoms with Gasteiger partial charge in [0.1, 0.15) is 0 Å². The van der Waals surface area contributed by atoms with Crippen LogP contribution in [0.25, 0.3) is 0 Å². The van der Waals surface area contributed by atoms with Gasteiger partial charge in [-0.3, -0.25) is 4.90 Å². The third kappa shape index (κ3) is 3.46. The summed E-state index contributed by atoms with van der Waals surface area (Å²) in [6.45, 7) is 4.53. The Hall–Kier alpha value is -0.540. The van der Waals surface area contributed by atoms with E-state index < -0.39 is 0 Å². The molecule has 3 heteroatoms. The van der Waals surface area contributed by atoms with Gasteiger partial charge < -0.3 is 4.74 Å². The van der Waals surface area contributed by atoms with Crippen molar-refractivity contribution in [2.45, 2.75) is 51.6 Å². The molecule has 1 aromatic rings. The Bertz CT molecular complexity index is 331. The Morgan fingerprint density at radius 3 is 2.65 bits per heavy atom. The topological polar surface area (TPSA) is 12.5 Å². The Labute approximate surface area is 109 Å². The summed E-state index contributed by atoms with van der Waals surface area (Å²) in [7, 11) is 1.74. The van der Waals surface area contributed by atoms with Gasteiger partial charge in [0.05, 0.1) is 7.11 Å². The summed E-state index contributed by atoms with van der Waals surface area (Å²) < 4.78 is 5.26. The normalized spacial score (nSPS) is 17.6. The lowest BCUT2D eigenvalue weighted by molar-refractivity contribution is 0.157. The van der Waals surface area contributed by atoms with Gasteiger partial charge in [-0.2, -0.15) is 0 Å². The molecule has 1 aliphatic carbocycles. The highest BCUT2D eigenvalue weighted by atomic mass is 32.1. The fourth-order valence-electron chi connectivity index (χ4n) is 2.70. The van der Waals surface area contributed by atoms with E-state index in [9.17, 15) is 0 Å². The van der Waals surface area contributed by atoms with Crippen LogP contribution >= 0.6 is 11.3 Å². The molecule has 0 unspecified atom stereocenters. The number of thiophene rings is 1. The molecule has 1 aromatic heterocycles. The molecule has 0 aliphatic heterocycles. The van der Waals surface area contributed by atoms with Crippen molar-refractivity contribution in [1.82, 2.24) is 4.90 Å². The van der Waals surface area contributed by atoms with E-state index in [0.717, 1.165) is 24.2 Å². The third-order valence-electron chi connectivity index (χ3n) is 3.69. The zero-order chi connectivity index (χ0) is 12.1. The summed E-state index contributed by atoms with van der Waals surface area (Å²) >= 11 is 1.78. The lowest BCUT2D eigenvalue weighted by atomic mass is 9.94. The number of ether oxygens (including phenoxy) is 1. The first kappa shape index (κ1) is 12.9. The van der Waals surface area contributed by atoms with Crippen LogP contribution in [-0.2, 0) is 6.54 Å². The predicted octanol–water partition coefficient (Wildman–Crippen LogP) is 3.91. The summed E-state index contributed by atoms with van der Waals surface area (Å²) in [6, 6.07) is 5.09. The standard InChI is InChI=1S/C14H23NOS/c1-3-15(12-7-5-4-6-8-12)11-13-9-10-14(16-2)17-13/h9-10,12H,3-8,11H2,1-2H3. The first-order valence-electron chi connectivity index (χ1n) is 6.70. The second kappa shape index (κ2) is 6.41.